The largest absolute Gasteiger partial charge is 0.476 e. The molecule has 2 rings (SSSR count). The predicted octanol–water partition coefficient (Wildman–Crippen LogP) is 3.92. The number of carboxylic acid groups (broad SMARTS) is 1. The number of hydrogen-bond acceptors (Lipinski definition) is 2. The molecule has 0 fully saturated rings. The number of aliphatic carboxylic acids is 1. The van der Waals surface area contributed by atoms with Gasteiger partial charge in [0.05, 0.1) is 10.0 Å². The maximum atomic E-state index is 13.2. The molecule has 0 aliphatic rings. The molecule has 1 aromatic heterocycles. The van der Waals surface area contributed by atoms with Gasteiger partial charge in [0, 0.05) is 11.5 Å². The lowest BCUT2D eigenvalue weighted by Crippen LogP contribution is -2.24. The normalized spacial score (nSPS) is 12.0. The van der Waals surface area contributed by atoms with Crippen LogP contribution < -0.4 is 0 Å². The summed E-state index contributed by atoms with van der Waals surface area (Å²) >= 11 is 11.4. The minimum absolute atomic E-state index is 0.0512. The van der Waals surface area contributed by atoms with Crippen LogP contribution in [0.25, 0.3) is 11.0 Å². The second kappa shape index (κ2) is 3.85. The summed E-state index contributed by atoms with van der Waals surface area (Å²) in [6.07, 6.45) is 0. The molecule has 0 aliphatic heterocycles. The first-order valence-corrected chi connectivity index (χ1v) is 5.08. The van der Waals surface area contributed by atoms with Gasteiger partial charge in [0.2, 0.25) is 0 Å². The highest BCUT2D eigenvalue weighted by Gasteiger charge is 2.44. The van der Waals surface area contributed by atoms with Crippen LogP contribution >= 0.6 is 23.2 Å². The number of carboxylic acids is 1. The molecule has 1 N–H and O–H groups in total. The summed E-state index contributed by atoms with van der Waals surface area (Å²) < 4.78 is 31.1. The van der Waals surface area contributed by atoms with Crippen molar-refractivity contribution in [2.24, 2.45) is 0 Å². The number of furan rings is 1. The second-order valence-electron chi connectivity index (χ2n) is 3.29. The van der Waals surface area contributed by atoms with Crippen LogP contribution in [0.15, 0.2) is 22.6 Å². The standard InChI is InChI=1S/C10H4Cl2F2O3/c11-5-1-4-2-8(10(13,14)9(15)16)17-7(4)3-6(5)12/h1-3H,(H,15,16). The molecule has 1 aromatic carbocycles. The van der Waals surface area contributed by atoms with Gasteiger partial charge >= 0.3 is 11.9 Å². The topological polar surface area (TPSA) is 50.4 Å². The van der Waals surface area contributed by atoms with E-state index in [-0.39, 0.29) is 21.0 Å². The zero-order valence-corrected chi connectivity index (χ0v) is 9.52. The van der Waals surface area contributed by atoms with Gasteiger partial charge in [-0.25, -0.2) is 4.79 Å². The lowest BCUT2D eigenvalue weighted by Gasteiger charge is -2.05. The molecule has 17 heavy (non-hydrogen) atoms. The maximum Gasteiger partial charge on any atom is 0.399 e. The summed E-state index contributed by atoms with van der Waals surface area (Å²) in [6, 6.07) is 3.50. The van der Waals surface area contributed by atoms with E-state index < -0.39 is 17.7 Å². The van der Waals surface area contributed by atoms with Crippen LogP contribution in [0.2, 0.25) is 10.0 Å². The Balaban J connectivity index is 2.63. The fourth-order valence-electron chi connectivity index (χ4n) is 1.29. The summed E-state index contributed by atoms with van der Waals surface area (Å²) in [5, 5.41) is 8.94. The molecule has 0 saturated heterocycles. The minimum Gasteiger partial charge on any atom is -0.476 e. The molecule has 0 atom stereocenters. The number of carbonyl (C=O) groups is 1. The van der Waals surface area contributed by atoms with Crippen LogP contribution in [0.4, 0.5) is 8.78 Å². The van der Waals surface area contributed by atoms with Crippen LogP contribution in [0.3, 0.4) is 0 Å². The Hall–Kier alpha value is -1.33. The summed E-state index contributed by atoms with van der Waals surface area (Å²) in [5.74, 6) is -7.33. The van der Waals surface area contributed by atoms with Crippen molar-refractivity contribution in [2.75, 3.05) is 0 Å². The molecular weight excluding hydrogens is 277 g/mol. The Kier molecular flexibility index (Phi) is 2.75. The van der Waals surface area contributed by atoms with E-state index in [1.807, 2.05) is 0 Å². The van der Waals surface area contributed by atoms with Gasteiger partial charge < -0.3 is 9.52 Å². The number of hydrogen-bond donors (Lipinski definition) is 1. The van der Waals surface area contributed by atoms with Gasteiger partial charge in [0.1, 0.15) is 5.58 Å². The van der Waals surface area contributed by atoms with Crippen molar-refractivity contribution < 1.29 is 23.1 Å². The van der Waals surface area contributed by atoms with Gasteiger partial charge in [-0.3, -0.25) is 0 Å². The number of fused-ring (bicyclic) bond motifs is 1. The van der Waals surface area contributed by atoms with Crippen molar-refractivity contribution in [3.63, 3.8) is 0 Å². The molecule has 0 unspecified atom stereocenters. The van der Waals surface area contributed by atoms with Gasteiger partial charge in [0.25, 0.3) is 0 Å². The first-order valence-electron chi connectivity index (χ1n) is 4.32. The molecule has 0 saturated carbocycles. The number of alkyl halides is 2. The number of benzene rings is 1. The first kappa shape index (κ1) is 12.1. The van der Waals surface area contributed by atoms with E-state index in [2.05, 4.69) is 0 Å². The van der Waals surface area contributed by atoms with Gasteiger partial charge in [0.15, 0.2) is 5.76 Å². The molecule has 0 amide bonds. The van der Waals surface area contributed by atoms with Crippen LogP contribution in [0.5, 0.6) is 0 Å². The summed E-state index contributed by atoms with van der Waals surface area (Å²) in [7, 11) is 0. The Morgan fingerprint density at radius 3 is 2.41 bits per heavy atom. The van der Waals surface area contributed by atoms with Crippen LogP contribution in [-0.4, -0.2) is 11.1 Å². The van der Waals surface area contributed by atoms with Gasteiger partial charge in [-0.1, -0.05) is 23.2 Å². The molecule has 0 bridgehead atoms. The molecule has 90 valence electrons. The summed E-state index contributed by atoms with van der Waals surface area (Å²) in [6.45, 7) is 0. The third kappa shape index (κ3) is 1.96. The highest BCUT2D eigenvalue weighted by atomic mass is 35.5. The lowest BCUT2D eigenvalue weighted by atomic mass is 10.2. The molecular formula is C10H4Cl2F2O3. The Labute approximate surface area is 104 Å². The van der Waals surface area contributed by atoms with E-state index in [9.17, 15) is 13.6 Å². The van der Waals surface area contributed by atoms with Crippen molar-refractivity contribution in [2.45, 2.75) is 5.92 Å². The SMILES string of the molecule is O=C(O)C(F)(F)c1cc2cc(Cl)c(Cl)cc2o1. The average molecular weight is 281 g/mol. The third-order valence-electron chi connectivity index (χ3n) is 2.14. The highest BCUT2D eigenvalue weighted by molar-refractivity contribution is 6.42. The molecule has 0 spiro atoms. The van der Waals surface area contributed by atoms with E-state index in [0.717, 1.165) is 6.07 Å². The third-order valence-corrected chi connectivity index (χ3v) is 2.86. The smallest absolute Gasteiger partial charge is 0.399 e. The predicted molar refractivity (Wildman–Crippen MR) is 57.8 cm³/mol. The van der Waals surface area contributed by atoms with Crippen LogP contribution in [0, 0.1) is 0 Å². The average Bonchev–Trinajstić information content (AvgIpc) is 2.62. The zero-order valence-electron chi connectivity index (χ0n) is 8.01. The monoisotopic (exact) mass is 280 g/mol. The van der Waals surface area contributed by atoms with Crippen molar-refractivity contribution >= 4 is 40.1 Å². The van der Waals surface area contributed by atoms with Crippen LogP contribution in [-0.2, 0) is 10.7 Å². The van der Waals surface area contributed by atoms with Crippen molar-refractivity contribution in [3.05, 3.63) is 34.0 Å². The Morgan fingerprint density at radius 2 is 1.82 bits per heavy atom. The quantitative estimate of drug-likeness (QED) is 0.907. The second-order valence-corrected chi connectivity index (χ2v) is 4.11. The van der Waals surface area contributed by atoms with Crippen molar-refractivity contribution in [3.8, 4) is 0 Å². The molecule has 0 aliphatic carbocycles. The van der Waals surface area contributed by atoms with E-state index in [4.69, 9.17) is 32.7 Å². The molecule has 1 heterocycles. The van der Waals surface area contributed by atoms with Crippen LogP contribution in [0.1, 0.15) is 5.76 Å². The van der Waals surface area contributed by atoms with Crippen molar-refractivity contribution in [1.29, 1.82) is 0 Å². The summed E-state index contributed by atoms with van der Waals surface area (Å²) in [4.78, 5) is 10.4. The fraction of sp³-hybridized carbons (Fsp3) is 0.100. The minimum atomic E-state index is -4.09. The fourth-order valence-corrected chi connectivity index (χ4v) is 1.62. The molecule has 3 nitrogen and oxygen atoms in total. The number of halogens is 4. The van der Waals surface area contributed by atoms with E-state index in [1.54, 1.807) is 0 Å². The van der Waals surface area contributed by atoms with Gasteiger partial charge in [-0.15, -0.1) is 0 Å². The molecule has 2 aromatic rings. The summed E-state index contributed by atoms with van der Waals surface area (Å²) in [5.41, 5.74) is 0.0512. The van der Waals surface area contributed by atoms with Crippen molar-refractivity contribution in [1.82, 2.24) is 0 Å². The van der Waals surface area contributed by atoms with Gasteiger partial charge in [-0.2, -0.15) is 8.78 Å². The highest BCUT2D eigenvalue weighted by Crippen LogP contribution is 2.35. The number of rotatable bonds is 2. The Morgan fingerprint density at radius 1 is 1.24 bits per heavy atom. The van der Waals surface area contributed by atoms with E-state index in [1.165, 1.54) is 12.1 Å². The molecule has 7 heteroatoms. The lowest BCUT2D eigenvalue weighted by molar-refractivity contribution is -0.168. The molecule has 0 radical (unpaired) electrons. The van der Waals surface area contributed by atoms with E-state index >= 15 is 0 Å². The Bertz CT molecular complexity index is 568. The zero-order chi connectivity index (χ0) is 12.8. The maximum absolute atomic E-state index is 13.2. The van der Waals surface area contributed by atoms with E-state index in [0.29, 0.717) is 0 Å². The first-order chi connectivity index (χ1) is 7.82. The van der Waals surface area contributed by atoms with Gasteiger partial charge in [-0.05, 0) is 12.1 Å².